The van der Waals surface area contributed by atoms with Gasteiger partial charge in [0, 0.05) is 0 Å². The van der Waals surface area contributed by atoms with Crippen LogP contribution in [0.1, 0.15) is 0 Å². The second-order valence-corrected chi connectivity index (χ2v) is 3.03. The lowest BCUT2D eigenvalue weighted by molar-refractivity contribution is -0.0542. The molecule has 5 nitrogen and oxygen atoms in total. The van der Waals surface area contributed by atoms with Gasteiger partial charge in [-0.05, 0) is 11.8 Å². The van der Waals surface area contributed by atoms with Gasteiger partial charge in [-0.2, -0.15) is 0 Å². The van der Waals surface area contributed by atoms with Crippen molar-refractivity contribution >= 4 is 16.9 Å². The van der Waals surface area contributed by atoms with E-state index in [2.05, 4.69) is 5.10 Å². The Morgan fingerprint density at radius 1 is 1.80 bits per heavy atom. The summed E-state index contributed by atoms with van der Waals surface area (Å²) in [6.07, 6.45) is 1.59. The van der Waals surface area contributed by atoms with Crippen molar-refractivity contribution in [2.24, 2.45) is 10.8 Å². The number of hydrazone groups is 1. The molecule has 0 radical (unpaired) electrons. The van der Waals surface area contributed by atoms with Crippen LogP contribution in [0.25, 0.3) is 0 Å². The van der Waals surface area contributed by atoms with Crippen molar-refractivity contribution in [3.63, 3.8) is 0 Å². The molecule has 0 saturated carbocycles. The third kappa shape index (κ3) is 0.729. The molecule has 3 N–H and O–H groups in total. The van der Waals surface area contributed by atoms with Crippen LogP contribution < -0.4 is 5.73 Å². The summed E-state index contributed by atoms with van der Waals surface area (Å²) in [5.74, 6) is 0. The number of rotatable bonds is 0. The average Bonchev–Trinajstić information content (AvgIpc) is 2.21. The SMILES string of the molecule is NC1=NN2CN(O)C=C2S1. The first-order chi connectivity index (χ1) is 4.75. The maximum atomic E-state index is 8.91. The van der Waals surface area contributed by atoms with E-state index >= 15 is 0 Å². The Morgan fingerprint density at radius 2 is 2.60 bits per heavy atom. The monoisotopic (exact) mass is 158 g/mol. The molecule has 0 aliphatic carbocycles. The fourth-order valence-electron chi connectivity index (χ4n) is 0.848. The summed E-state index contributed by atoms with van der Waals surface area (Å²) in [6, 6.07) is 0. The lowest BCUT2D eigenvalue weighted by Crippen LogP contribution is -2.18. The predicted molar refractivity (Wildman–Crippen MR) is 37.6 cm³/mol. The van der Waals surface area contributed by atoms with Crippen molar-refractivity contribution < 1.29 is 5.21 Å². The van der Waals surface area contributed by atoms with Crippen LogP contribution in [-0.2, 0) is 0 Å². The Morgan fingerprint density at radius 3 is 3.30 bits per heavy atom. The highest BCUT2D eigenvalue weighted by Crippen LogP contribution is 2.31. The Kier molecular flexibility index (Phi) is 1.06. The molecule has 0 atom stereocenters. The molecule has 0 bridgehead atoms. The van der Waals surface area contributed by atoms with Gasteiger partial charge in [-0.3, -0.25) is 5.21 Å². The molecule has 2 heterocycles. The second-order valence-electron chi connectivity index (χ2n) is 1.99. The van der Waals surface area contributed by atoms with E-state index in [1.165, 1.54) is 11.8 Å². The van der Waals surface area contributed by atoms with Crippen molar-refractivity contribution in [2.75, 3.05) is 6.67 Å². The van der Waals surface area contributed by atoms with Gasteiger partial charge in [-0.1, -0.05) is 0 Å². The van der Waals surface area contributed by atoms with Gasteiger partial charge in [0.2, 0.25) is 0 Å². The van der Waals surface area contributed by atoms with Gasteiger partial charge in [0.25, 0.3) is 0 Å². The van der Waals surface area contributed by atoms with Gasteiger partial charge >= 0.3 is 0 Å². The molecule has 10 heavy (non-hydrogen) atoms. The van der Waals surface area contributed by atoms with Crippen LogP contribution in [0.15, 0.2) is 16.3 Å². The molecule has 6 heteroatoms. The quantitative estimate of drug-likeness (QED) is 0.508. The highest BCUT2D eigenvalue weighted by atomic mass is 32.2. The normalized spacial score (nSPS) is 22.9. The number of hydroxylamine groups is 2. The van der Waals surface area contributed by atoms with E-state index in [9.17, 15) is 0 Å². The summed E-state index contributed by atoms with van der Waals surface area (Å²) in [5.41, 5.74) is 5.40. The molecule has 0 aromatic heterocycles. The maximum absolute atomic E-state index is 8.91. The predicted octanol–water partition coefficient (Wildman–Crippen LogP) is -0.274. The van der Waals surface area contributed by atoms with Crippen LogP contribution in [0.3, 0.4) is 0 Å². The van der Waals surface area contributed by atoms with Crippen LogP contribution in [0.5, 0.6) is 0 Å². The summed E-state index contributed by atoms with van der Waals surface area (Å²) in [7, 11) is 0. The molecule has 0 aromatic carbocycles. The first-order valence-electron chi connectivity index (χ1n) is 2.72. The molecule has 2 rings (SSSR count). The van der Waals surface area contributed by atoms with Crippen LogP contribution in [0.2, 0.25) is 0 Å². The fourth-order valence-corrected chi connectivity index (χ4v) is 1.58. The summed E-state index contributed by atoms with van der Waals surface area (Å²) >= 11 is 1.35. The minimum atomic E-state index is 0.378. The number of amidine groups is 1. The Balaban J connectivity index is 2.22. The zero-order chi connectivity index (χ0) is 7.14. The number of thioether (sulfide) groups is 1. The van der Waals surface area contributed by atoms with Crippen molar-refractivity contribution in [3.8, 4) is 0 Å². The minimum Gasteiger partial charge on any atom is -0.377 e. The molecule has 0 aromatic rings. The van der Waals surface area contributed by atoms with E-state index in [0.29, 0.717) is 11.8 Å². The molecular weight excluding hydrogens is 152 g/mol. The van der Waals surface area contributed by atoms with Crippen molar-refractivity contribution in [1.29, 1.82) is 0 Å². The molecule has 0 fully saturated rings. The standard InChI is InChI=1S/C4H6N4OS/c5-4-6-8-2-7(9)1-3(8)10-4/h1,9H,2H2,(H2,5,6). The lowest BCUT2D eigenvalue weighted by Gasteiger charge is -2.08. The third-order valence-electron chi connectivity index (χ3n) is 1.22. The van der Waals surface area contributed by atoms with Gasteiger partial charge in [-0.25, -0.2) is 10.1 Å². The van der Waals surface area contributed by atoms with E-state index in [0.717, 1.165) is 10.1 Å². The van der Waals surface area contributed by atoms with Gasteiger partial charge in [0.15, 0.2) is 5.17 Å². The van der Waals surface area contributed by atoms with Crippen LogP contribution in [-0.4, -0.2) is 27.1 Å². The smallest absolute Gasteiger partial charge is 0.184 e. The summed E-state index contributed by atoms with van der Waals surface area (Å²) in [6.45, 7) is 0.378. The maximum Gasteiger partial charge on any atom is 0.184 e. The molecular formula is C4H6N4OS. The van der Waals surface area contributed by atoms with Gasteiger partial charge in [0.05, 0.1) is 6.20 Å². The molecule has 54 valence electrons. The van der Waals surface area contributed by atoms with Crippen LogP contribution in [0, 0.1) is 0 Å². The Hall–Kier alpha value is -0.880. The first kappa shape index (κ1) is 5.87. The van der Waals surface area contributed by atoms with Crippen LogP contribution in [0.4, 0.5) is 0 Å². The molecule has 0 amide bonds. The highest BCUT2D eigenvalue weighted by molar-refractivity contribution is 8.17. The largest absolute Gasteiger partial charge is 0.377 e. The van der Waals surface area contributed by atoms with Gasteiger partial charge in [0.1, 0.15) is 11.7 Å². The Labute approximate surface area is 61.7 Å². The molecule has 2 aliphatic heterocycles. The van der Waals surface area contributed by atoms with Crippen molar-refractivity contribution in [2.45, 2.75) is 0 Å². The van der Waals surface area contributed by atoms with E-state index in [-0.39, 0.29) is 0 Å². The molecule has 0 saturated heterocycles. The van der Waals surface area contributed by atoms with Gasteiger partial charge in [-0.15, -0.1) is 5.10 Å². The minimum absolute atomic E-state index is 0.378. The van der Waals surface area contributed by atoms with E-state index in [1.54, 1.807) is 11.2 Å². The zero-order valence-electron chi connectivity index (χ0n) is 5.06. The summed E-state index contributed by atoms with van der Waals surface area (Å²) < 4.78 is 0. The fraction of sp³-hybridized carbons (Fsp3) is 0.250. The second kappa shape index (κ2) is 1.80. The topological polar surface area (TPSA) is 65.1 Å². The number of fused-ring (bicyclic) bond motifs is 1. The van der Waals surface area contributed by atoms with Crippen molar-refractivity contribution in [1.82, 2.24) is 10.1 Å². The third-order valence-corrected chi connectivity index (χ3v) is 2.04. The van der Waals surface area contributed by atoms with E-state index < -0.39 is 0 Å². The first-order valence-corrected chi connectivity index (χ1v) is 3.54. The lowest BCUT2D eigenvalue weighted by atomic mass is 10.9. The Bertz CT molecular complexity index is 225. The van der Waals surface area contributed by atoms with Gasteiger partial charge < -0.3 is 5.73 Å². The number of nitrogens with two attached hydrogens (primary N) is 1. The molecule has 2 aliphatic rings. The summed E-state index contributed by atoms with van der Waals surface area (Å²) in [5, 5.41) is 16.9. The summed E-state index contributed by atoms with van der Waals surface area (Å²) in [4.78, 5) is 0. The van der Waals surface area contributed by atoms with E-state index in [1.807, 2.05) is 0 Å². The number of hydrogen-bond donors (Lipinski definition) is 2. The van der Waals surface area contributed by atoms with Crippen LogP contribution >= 0.6 is 11.8 Å². The molecule has 0 spiro atoms. The molecule has 0 unspecified atom stereocenters. The average molecular weight is 158 g/mol. The highest BCUT2D eigenvalue weighted by Gasteiger charge is 2.26. The van der Waals surface area contributed by atoms with E-state index in [4.69, 9.17) is 10.9 Å². The number of hydrogen-bond acceptors (Lipinski definition) is 6. The number of nitrogens with zero attached hydrogens (tertiary/aromatic N) is 3. The van der Waals surface area contributed by atoms with Crippen molar-refractivity contribution in [3.05, 3.63) is 11.2 Å². The zero-order valence-corrected chi connectivity index (χ0v) is 5.88.